The second-order valence-electron chi connectivity index (χ2n) is 6.57. The molecule has 0 aliphatic carbocycles. The van der Waals surface area contributed by atoms with E-state index in [9.17, 15) is 4.79 Å². The highest BCUT2D eigenvalue weighted by Crippen LogP contribution is 2.24. The van der Waals surface area contributed by atoms with Gasteiger partial charge >= 0.3 is 0 Å². The zero-order valence-corrected chi connectivity index (χ0v) is 16.7. The van der Waals surface area contributed by atoms with Crippen LogP contribution in [0.4, 0.5) is 0 Å². The zero-order valence-electron chi connectivity index (χ0n) is 15.9. The molecule has 5 nitrogen and oxygen atoms in total. The van der Waals surface area contributed by atoms with Crippen LogP contribution in [-0.4, -0.2) is 31.5 Å². The van der Waals surface area contributed by atoms with Crippen LogP contribution in [-0.2, 0) is 17.9 Å². The van der Waals surface area contributed by atoms with E-state index >= 15 is 0 Å². The lowest BCUT2D eigenvalue weighted by Gasteiger charge is -2.15. The third-order valence-electron chi connectivity index (χ3n) is 4.28. The molecule has 1 aromatic heterocycles. The van der Waals surface area contributed by atoms with Crippen LogP contribution in [0.15, 0.2) is 65.1 Å². The molecule has 0 spiro atoms. The fraction of sp³-hybridized carbons (Fsp3) is 0.227. The summed E-state index contributed by atoms with van der Waals surface area (Å²) in [6.07, 6.45) is 0. The zero-order chi connectivity index (χ0) is 19.9. The minimum atomic E-state index is -0.0391. The van der Waals surface area contributed by atoms with E-state index in [0.29, 0.717) is 18.1 Å². The van der Waals surface area contributed by atoms with Crippen LogP contribution in [0.1, 0.15) is 11.3 Å². The van der Waals surface area contributed by atoms with Gasteiger partial charge in [-0.25, -0.2) is 0 Å². The average Bonchev–Trinajstić information content (AvgIpc) is 3.15. The monoisotopic (exact) mass is 398 g/mol. The van der Waals surface area contributed by atoms with Gasteiger partial charge in [0.1, 0.15) is 17.3 Å². The number of amides is 1. The van der Waals surface area contributed by atoms with Crippen LogP contribution in [0.5, 0.6) is 5.75 Å². The minimum Gasteiger partial charge on any atom is -0.497 e. The second kappa shape index (κ2) is 9.44. The fourth-order valence-electron chi connectivity index (χ4n) is 2.80. The van der Waals surface area contributed by atoms with Crippen molar-refractivity contribution in [3.05, 3.63) is 77.0 Å². The Morgan fingerprint density at radius 1 is 1.07 bits per heavy atom. The highest BCUT2D eigenvalue weighted by Gasteiger charge is 2.10. The van der Waals surface area contributed by atoms with E-state index in [1.165, 1.54) is 0 Å². The fourth-order valence-corrected chi connectivity index (χ4v) is 2.93. The van der Waals surface area contributed by atoms with Crippen molar-refractivity contribution in [3.8, 4) is 17.1 Å². The van der Waals surface area contributed by atoms with Crippen molar-refractivity contribution in [3.63, 3.8) is 0 Å². The molecule has 1 amide bonds. The van der Waals surface area contributed by atoms with Gasteiger partial charge in [0.25, 0.3) is 0 Å². The van der Waals surface area contributed by atoms with Crippen LogP contribution in [0.2, 0.25) is 5.02 Å². The molecule has 0 aliphatic heterocycles. The molecule has 0 atom stereocenters. The lowest BCUT2D eigenvalue weighted by Crippen LogP contribution is -2.34. The van der Waals surface area contributed by atoms with Crippen molar-refractivity contribution in [2.24, 2.45) is 0 Å². The molecule has 0 bridgehead atoms. The highest BCUT2D eigenvalue weighted by atomic mass is 35.5. The first-order valence-electron chi connectivity index (χ1n) is 8.96. The maximum Gasteiger partial charge on any atom is 0.234 e. The quantitative estimate of drug-likeness (QED) is 0.612. The second-order valence-corrected chi connectivity index (χ2v) is 7.01. The van der Waals surface area contributed by atoms with Gasteiger partial charge in [-0.3, -0.25) is 9.69 Å². The largest absolute Gasteiger partial charge is 0.497 e. The van der Waals surface area contributed by atoms with Crippen molar-refractivity contribution >= 4 is 17.5 Å². The number of furan rings is 1. The number of nitrogens with one attached hydrogen (secondary N) is 1. The maximum absolute atomic E-state index is 12.2. The van der Waals surface area contributed by atoms with Gasteiger partial charge in [0.15, 0.2) is 0 Å². The Balaban J connectivity index is 1.47. The van der Waals surface area contributed by atoms with E-state index in [4.69, 9.17) is 20.8 Å². The Bertz CT molecular complexity index is 904. The Hall–Kier alpha value is -2.76. The Kier molecular flexibility index (Phi) is 6.74. The van der Waals surface area contributed by atoms with E-state index in [2.05, 4.69) is 5.32 Å². The van der Waals surface area contributed by atoms with Gasteiger partial charge in [0.05, 0.1) is 20.2 Å². The predicted molar refractivity (Wildman–Crippen MR) is 110 cm³/mol. The summed E-state index contributed by atoms with van der Waals surface area (Å²) in [4.78, 5) is 14.1. The van der Waals surface area contributed by atoms with Crippen molar-refractivity contribution in [1.82, 2.24) is 10.2 Å². The molecule has 3 aromatic rings. The Labute approximate surface area is 169 Å². The number of rotatable bonds is 8. The number of hydrogen-bond donors (Lipinski definition) is 1. The third-order valence-corrected chi connectivity index (χ3v) is 4.53. The molecule has 6 heteroatoms. The number of ether oxygens (including phenoxy) is 1. The van der Waals surface area contributed by atoms with Crippen LogP contribution < -0.4 is 10.1 Å². The lowest BCUT2D eigenvalue weighted by molar-refractivity contribution is -0.122. The first-order chi connectivity index (χ1) is 13.5. The average molecular weight is 399 g/mol. The molecule has 1 heterocycles. The standard InChI is InChI=1S/C22H23ClN2O3/c1-25(15-22(26)24-13-16-3-9-19(27-2)10-4-16)14-20-11-12-21(28-20)17-5-7-18(23)8-6-17/h3-12H,13-15H2,1-2H3,(H,24,26). The number of hydrogen-bond acceptors (Lipinski definition) is 4. The topological polar surface area (TPSA) is 54.7 Å². The van der Waals surface area contributed by atoms with Gasteiger partial charge in [0.2, 0.25) is 5.91 Å². The molecule has 0 radical (unpaired) electrons. The van der Waals surface area contributed by atoms with Crippen molar-refractivity contribution < 1.29 is 13.9 Å². The number of methoxy groups -OCH3 is 1. The van der Waals surface area contributed by atoms with Gasteiger partial charge in [-0.1, -0.05) is 23.7 Å². The summed E-state index contributed by atoms with van der Waals surface area (Å²) in [6, 6.07) is 19.0. The summed E-state index contributed by atoms with van der Waals surface area (Å²) < 4.78 is 11.0. The lowest BCUT2D eigenvalue weighted by atomic mass is 10.2. The van der Waals surface area contributed by atoms with E-state index in [-0.39, 0.29) is 12.5 Å². The summed E-state index contributed by atoms with van der Waals surface area (Å²) >= 11 is 5.92. The molecule has 0 saturated heterocycles. The number of carbonyl (C=O) groups is 1. The smallest absolute Gasteiger partial charge is 0.234 e. The molecule has 146 valence electrons. The summed E-state index contributed by atoms with van der Waals surface area (Å²) in [7, 11) is 3.52. The first-order valence-corrected chi connectivity index (χ1v) is 9.34. The third kappa shape index (κ3) is 5.62. The van der Waals surface area contributed by atoms with Crippen LogP contribution in [0, 0.1) is 0 Å². The van der Waals surface area contributed by atoms with E-state index in [0.717, 1.165) is 28.4 Å². The van der Waals surface area contributed by atoms with Crippen molar-refractivity contribution in [2.75, 3.05) is 20.7 Å². The molecule has 0 fully saturated rings. The molecule has 28 heavy (non-hydrogen) atoms. The first kappa shape index (κ1) is 20.0. The predicted octanol–water partition coefficient (Wildman–Crippen LogP) is 4.36. The Morgan fingerprint density at radius 2 is 1.79 bits per heavy atom. The van der Waals surface area contributed by atoms with Gasteiger partial charge in [-0.05, 0) is 61.1 Å². The number of nitrogens with zero attached hydrogens (tertiary/aromatic N) is 1. The molecule has 1 N–H and O–H groups in total. The maximum atomic E-state index is 12.2. The summed E-state index contributed by atoms with van der Waals surface area (Å²) in [5.41, 5.74) is 1.99. The van der Waals surface area contributed by atoms with Crippen molar-refractivity contribution in [1.29, 1.82) is 0 Å². The summed E-state index contributed by atoms with van der Waals surface area (Å²) in [5, 5.41) is 3.62. The SMILES string of the molecule is COc1ccc(CNC(=O)CN(C)Cc2ccc(-c3ccc(Cl)cc3)o2)cc1. The molecule has 0 saturated carbocycles. The number of benzene rings is 2. The van der Waals surface area contributed by atoms with E-state index in [1.54, 1.807) is 7.11 Å². The molecular weight excluding hydrogens is 376 g/mol. The summed E-state index contributed by atoms with van der Waals surface area (Å²) in [5.74, 6) is 2.34. The number of carbonyl (C=O) groups excluding carboxylic acids is 1. The molecular formula is C22H23ClN2O3. The highest BCUT2D eigenvalue weighted by molar-refractivity contribution is 6.30. The van der Waals surface area contributed by atoms with Crippen molar-refractivity contribution in [2.45, 2.75) is 13.1 Å². The molecule has 0 aliphatic rings. The van der Waals surface area contributed by atoms with E-state index < -0.39 is 0 Å². The van der Waals surface area contributed by atoms with Crippen LogP contribution >= 0.6 is 11.6 Å². The van der Waals surface area contributed by atoms with E-state index in [1.807, 2.05) is 72.6 Å². The van der Waals surface area contributed by atoms with Gasteiger partial charge in [-0.15, -0.1) is 0 Å². The van der Waals surface area contributed by atoms with Gasteiger partial charge in [-0.2, -0.15) is 0 Å². The minimum absolute atomic E-state index is 0.0391. The van der Waals surface area contributed by atoms with Gasteiger partial charge < -0.3 is 14.5 Å². The molecule has 0 unspecified atom stereocenters. The normalized spacial score (nSPS) is 10.9. The van der Waals surface area contributed by atoms with Gasteiger partial charge in [0, 0.05) is 17.1 Å². The van der Waals surface area contributed by atoms with Crippen LogP contribution in [0.3, 0.4) is 0 Å². The molecule has 3 rings (SSSR count). The number of likely N-dealkylation sites (N-methyl/N-ethyl adjacent to an activating group) is 1. The molecule has 2 aromatic carbocycles. The summed E-state index contributed by atoms with van der Waals surface area (Å²) in [6.45, 7) is 1.31. The van der Waals surface area contributed by atoms with Crippen LogP contribution in [0.25, 0.3) is 11.3 Å². The number of halogens is 1. The Morgan fingerprint density at radius 3 is 2.46 bits per heavy atom.